The first-order valence-electron chi connectivity index (χ1n) is 9.12. The quantitative estimate of drug-likeness (QED) is 0.503. The average Bonchev–Trinajstić information content (AvgIpc) is 2.65. The van der Waals surface area contributed by atoms with E-state index in [9.17, 15) is 0 Å². The lowest BCUT2D eigenvalue weighted by molar-refractivity contribution is 0.578. The lowest BCUT2D eigenvalue weighted by Gasteiger charge is -2.18. The zero-order valence-corrected chi connectivity index (χ0v) is 15.0. The third kappa shape index (κ3) is 6.06. The summed E-state index contributed by atoms with van der Waals surface area (Å²) in [5.74, 6) is 0. The van der Waals surface area contributed by atoms with Crippen LogP contribution in [0.4, 0.5) is 0 Å². The number of benzene rings is 1. The first-order valence-corrected chi connectivity index (χ1v) is 9.12. The molecule has 3 heteroatoms. The van der Waals surface area contributed by atoms with Gasteiger partial charge in [-0.3, -0.25) is 4.99 Å². The summed E-state index contributed by atoms with van der Waals surface area (Å²) < 4.78 is 0. The molecule has 1 aromatic rings. The Morgan fingerprint density at radius 3 is 2.62 bits per heavy atom. The summed E-state index contributed by atoms with van der Waals surface area (Å²) in [6.07, 6.45) is 14.7. The van der Waals surface area contributed by atoms with E-state index in [1.807, 2.05) is 14.1 Å². The van der Waals surface area contributed by atoms with Gasteiger partial charge >= 0.3 is 0 Å². The Morgan fingerprint density at radius 1 is 1.12 bits per heavy atom. The first-order chi connectivity index (χ1) is 11.8. The lowest BCUT2D eigenvalue weighted by Crippen LogP contribution is -2.27. The molecule has 0 aliphatic heterocycles. The maximum atomic E-state index is 4.97. The summed E-state index contributed by atoms with van der Waals surface area (Å²) >= 11 is 0. The van der Waals surface area contributed by atoms with Crippen LogP contribution in [0.2, 0.25) is 0 Å². The zero-order chi connectivity index (χ0) is 17.0. The molecule has 0 heterocycles. The van der Waals surface area contributed by atoms with Gasteiger partial charge in [0.05, 0.1) is 6.04 Å². The van der Waals surface area contributed by atoms with Crippen LogP contribution in [-0.4, -0.2) is 32.9 Å². The molecule has 1 aliphatic rings. The Balaban J connectivity index is 2.06. The third-order valence-corrected chi connectivity index (χ3v) is 4.43. The topological polar surface area (TPSA) is 36.4 Å². The van der Waals surface area contributed by atoms with Crippen LogP contribution in [0.15, 0.2) is 59.1 Å². The van der Waals surface area contributed by atoms with E-state index in [1.165, 1.54) is 24.0 Å². The van der Waals surface area contributed by atoms with E-state index in [0.29, 0.717) is 6.04 Å². The number of rotatable bonds is 10. The van der Waals surface area contributed by atoms with Gasteiger partial charge in [0.2, 0.25) is 0 Å². The molecule has 0 radical (unpaired) electrons. The summed E-state index contributed by atoms with van der Waals surface area (Å²) in [5.41, 5.74) is 2.57. The van der Waals surface area contributed by atoms with E-state index in [-0.39, 0.29) is 6.04 Å². The number of hydrogen-bond acceptors (Lipinski definition) is 3. The lowest BCUT2D eigenvalue weighted by atomic mass is 9.94. The Kier molecular flexibility index (Phi) is 8.50. The summed E-state index contributed by atoms with van der Waals surface area (Å²) in [7, 11) is 4.03. The van der Waals surface area contributed by atoms with E-state index >= 15 is 0 Å². The van der Waals surface area contributed by atoms with Gasteiger partial charge in [0.25, 0.3) is 0 Å². The van der Waals surface area contributed by atoms with Crippen molar-refractivity contribution in [3.05, 3.63) is 59.7 Å². The molecule has 0 aromatic heterocycles. The summed E-state index contributed by atoms with van der Waals surface area (Å²) in [6.45, 7) is 1.08. The molecule has 24 heavy (non-hydrogen) atoms. The molecule has 2 unspecified atom stereocenters. The highest BCUT2D eigenvalue weighted by molar-refractivity contribution is 5.65. The van der Waals surface area contributed by atoms with Gasteiger partial charge in [-0.1, -0.05) is 55.0 Å². The van der Waals surface area contributed by atoms with Gasteiger partial charge in [-0.25, -0.2) is 0 Å². The van der Waals surface area contributed by atoms with E-state index < -0.39 is 0 Å². The summed E-state index contributed by atoms with van der Waals surface area (Å²) in [4.78, 5) is 4.97. The van der Waals surface area contributed by atoms with Crippen LogP contribution in [0.5, 0.6) is 0 Å². The monoisotopic (exact) mass is 325 g/mol. The highest BCUT2D eigenvalue weighted by atomic mass is 14.9. The minimum absolute atomic E-state index is 0.107. The maximum absolute atomic E-state index is 4.97. The van der Waals surface area contributed by atoms with E-state index in [2.05, 4.69) is 65.4 Å². The van der Waals surface area contributed by atoms with Crippen molar-refractivity contribution < 1.29 is 0 Å². The minimum atomic E-state index is 0.107. The fourth-order valence-electron chi connectivity index (χ4n) is 2.99. The number of nitrogens with one attached hydrogen (secondary N) is 2. The molecular weight excluding hydrogens is 294 g/mol. The fraction of sp³-hybridized carbons (Fsp3) is 0.476. The number of nitrogens with zero attached hydrogens (tertiary/aromatic N) is 1. The Hall–Kier alpha value is -1.71. The van der Waals surface area contributed by atoms with Crippen LogP contribution in [-0.2, 0) is 0 Å². The molecular formula is C21H31N3. The van der Waals surface area contributed by atoms with Crippen molar-refractivity contribution in [2.45, 2.75) is 44.2 Å². The number of allylic oxidation sites excluding steroid dienone is 2. The first kappa shape index (κ1) is 18.6. The van der Waals surface area contributed by atoms with Gasteiger partial charge in [-0.05, 0) is 57.5 Å². The smallest absolute Gasteiger partial charge is 0.0993 e. The van der Waals surface area contributed by atoms with Gasteiger partial charge in [-0.2, -0.15) is 0 Å². The molecule has 0 amide bonds. The molecule has 2 atom stereocenters. The molecule has 2 N–H and O–H groups in total. The van der Waals surface area contributed by atoms with Crippen molar-refractivity contribution in [1.82, 2.24) is 10.6 Å². The van der Waals surface area contributed by atoms with Gasteiger partial charge in [0.1, 0.15) is 0 Å². The largest absolute Gasteiger partial charge is 0.320 e. The fourth-order valence-corrected chi connectivity index (χ4v) is 2.99. The number of unbranched alkanes of at least 4 members (excludes halogenated alkanes) is 1. The van der Waals surface area contributed by atoms with Gasteiger partial charge < -0.3 is 10.6 Å². The molecule has 0 fully saturated rings. The molecule has 0 bridgehead atoms. The SMILES string of the molecule is CNCCCCC(C=NC(C1=CCCC=C1)c1ccccc1)NC. The Bertz CT molecular complexity index is 545. The highest BCUT2D eigenvalue weighted by Gasteiger charge is 2.14. The minimum Gasteiger partial charge on any atom is -0.320 e. The van der Waals surface area contributed by atoms with E-state index in [4.69, 9.17) is 4.99 Å². The van der Waals surface area contributed by atoms with Gasteiger partial charge in [0.15, 0.2) is 0 Å². The Labute approximate surface area is 147 Å². The number of hydrogen-bond donors (Lipinski definition) is 2. The van der Waals surface area contributed by atoms with Crippen LogP contribution < -0.4 is 10.6 Å². The van der Waals surface area contributed by atoms with Crippen molar-refractivity contribution in [3.63, 3.8) is 0 Å². The van der Waals surface area contributed by atoms with Crippen molar-refractivity contribution in [2.24, 2.45) is 4.99 Å². The second kappa shape index (κ2) is 11.0. The van der Waals surface area contributed by atoms with Crippen LogP contribution in [0.25, 0.3) is 0 Å². The maximum Gasteiger partial charge on any atom is 0.0993 e. The normalized spacial score (nSPS) is 17.0. The standard InChI is InChI=1S/C21H31N3/c1-22-16-10-9-15-20(23-2)17-24-21(18-11-5-3-6-12-18)19-13-7-4-8-14-19/h3,5-7,11-14,17,20-23H,4,8-10,15-16H2,1-2H3. The van der Waals surface area contributed by atoms with Crippen LogP contribution >= 0.6 is 0 Å². The summed E-state index contributed by atoms with van der Waals surface area (Å²) in [6, 6.07) is 11.0. The van der Waals surface area contributed by atoms with Crippen LogP contribution in [0.1, 0.15) is 43.7 Å². The average molecular weight is 326 g/mol. The predicted octanol–water partition coefficient (Wildman–Crippen LogP) is 4.05. The van der Waals surface area contributed by atoms with Crippen molar-refractivity contribution in [1.29, 1.82) is 0 Å². The second-order valence-electron chi connectivity index (χ2n) is 6.29. The van der Waals surface area contributed by atoms with E-state index in [1.54, 1.807) is 0 Å². The number of aliphatic imine (C=N–C) groups is 1. The van der Waals surface area contributed by atoms with Gasteiger partial charge in [0, 0.05) is 12.3 Å². The Morgan fingerprint density at radius 2 is 1.96 bits per heavy atom. The summed E-state index contributed by atoms with van der Waals surface area (Å²) in [5, 5.41) is 6.59. The molecule has 0 saturated heterocycles. The van der Waals surface area contributed by atoms with Crippen molar-refractivity contribution in [3.8, 4) is 0 Å². The molecule has 0 saturated carbocycles. The van der Waals surface area contributed by atoms with Crippen LogP contribution in [0, 0.1) is 0 Å². The predicted molar refractivity (Wildman–Crippen MR) is 105 cm³/mol. The molecule has 1 aromatic carbocycles. The van der Waals surface area contributed by atoms with Crippen LogP contribution in [0.3, 0.4) is 0 Å². The molecule has 0 spiro atoms. The highest BCUT2D eigenvalue weighted by Crippen LogP contribution is 2.29. The molecule has 2 rings (SSSR count). The van der Waals surface area contributed by atoms with E-state index in [0.717, 1.165) is 25.8 Å². The molecule has 130 valence electrons. The molecule has 3 nitrogen and oxygen atoms in total. The second-order valence-corrected chi connectivity index (χ2v) is 6.29. The van der Waals surface area contributed by atoms with Gasteiger partial charge in [-0.15, -0.1) is 0 Å². The third-order valence-electron chi connectivity index (χ3n) is 4.43. The zero-order valence-electron chi connectivity index (χ0n) is 15.0. The van der Waals surface area contributed by atoms with Crippen molar-refractivity contribution in [2.75, 3.05) is 20.6 Å². The van der Waals surface area contributed by atoms with Crippen molar-refractivity contribution >= 4 is 6.21 Å². The molecule has 1 aliphatic carbocycles.